The first kappa shape index (κ1) is 17.8. The lowest BCUT2D eigenvalue weighted by Gasteiger charge is -2.32. The van der Waals surface area contributed by atoms with Gasteiger partial charge in [0.1, 0.15) is 11.6 Å². The van der Waals surface area contributed by atoms with Crippen LogP contribution in [-0.4, -0.2) is 38.7 Å². The van der Waals surface area contributed by atoms with Gasteiger partial charge in [-0.05, 0) is 43.9 Å². The number of carbonyl (C=O) groups is 1. The van der Waals surface area contributed by atoms with E-state index >= 15 is 0 Å². The summed E-state index contributed by atoms with van der Waals surface area (Å²) in [6.07, 6.45) is 6.63. The summed E-state index contributed by atoms with van der Waals surface area (Å²) in [5.74, 6) is 2.40. The maximum atomic E-state index is 12.9. The fraction of sp³-hybridized carbons (Fsp3) is 0.526. The highest BCUT2D eigenvalue weighted by Crippen LogP contribution is 2.29. The Bertz CT molecular complexity index is 820. The van der Waals surface area contributed by atoms with Gasteiger partial charge in [0.15, 0.2) is 0 Å². The molecule has 0 N–H and O–H groups in total. The van der Waals surface area contributed by atoms with Gasteiger partial charge in [-0.15, -0.1) is 10.2 Å². The minimum absolute atomic E-state index is 0.00359. The summed E-state index contributed by atoms with van der Waals surface area (Å²) in [5, 5.41) is 9.79. The highest BCUT2D eigenvalue weighted by Gasteiger charge is 2.30. The fourth-order valence-corrected chi connectivity index (χ4v) is 4.29. The predicted molar refractivity (Wildman–Crippen MR) is 102 cm³/mol. The van der Waals surface area contributed by atoms with Crippen LogP contribution in [0.4, 0.5) is 0 Å². The van der Waals surface area contributed by atoms with Gasteiger partial charge in [0.2, 0.25) is 0 Å². The first-order valence-electron chi connectivity index (χ1n) is 9.30. The standard InChI is InChI=1S/C19H22Cl2N4O/c20-15-8-7-13(11-16(15)21)19(26)24-9-4-5-14(12-24)18-23-22-17-6-2-1-3-10-25(17)18/h7-8,11,14H,1-6,9-10,12H2. The SMILES string of the molecule is O=C(c1ccc(Cl)c(Cl)c1)N1CCCC(c2nnc3n2CCCCC3)C1. The molecule has 0 bridgehead atoms. The molecule has 4 rings (SSSR count). The van der Waals surface area contributed by atoms with E-state index in [4.69, 9.17) is 23.2 Å². The quantitative estimate of drug-likeness (QED) is 0.763. The molecule has 0 aliphatic carbocycles. The van der Waals surface area contributed by atoms with Crippen LogP contribution in [0.1, 0.15) is 60.0 Å². The molecule has 1 aromatic heterocycles. The molecule has 7 heteroatoms. The number of aryl methyl sites for hydroxylation is 1. The number of aromatic nitrogens is 3. The van der Waals surface area contributed by atoms with Crippen molar-refractivity contribution in [2.75, 3.05) is 13.1 Å². The fourth-order valence-electron chi connectivity index (χ4n) is 3.99. The second-order valence-electron chi connectivity index (χ2n) is 7.16. The number of carbonyl (C=O) groups excluding carboxylic acids is 1. The Kier molecular flexibility index (Phi) is 5.18. The van der Waals surface area contributed by atoms with E-state index in [-0.39, 0.29) is 11.8 Å². The van der Waals surface area contributed by atoms with Gasteiger partial charge < -0.3 is 9.47 Å². The van der Waals surface area contributed by atoms with E-state index in [9.17, 15) is 4.79 Å². The van der Waals surface area contributed by atoms with Crippen LogP contribution in [0.25, 0.3) is 0 Å². The second kappa shape index (κ2) is 7.57. The van der Waals surface area contributed by atoms with Crippen molar-refractivity contribution in [3.05, 3.63) is 45.5 Å². The van der Waals surface area contributed by atoms with Crippen molar-refractivity contribution in [2.24, 2.45) is 0 Å². The number of amides is 1. The summed E-state index contributed by atoms with van der Waals surface area (Å²) < 4.78 is 2.30. The molecule has 138 valence electrons. The van der Waals surface area contributed by atoms with Crippen LogP contribution in [0.5, 0.6) is 0 Å². The predicted octanol–water partition coefficient (Wildman–Crippen LogP) is 4.33. The molecule has 1 unspecified atom stereocenters. The molecule has 2 aliphatic rings. The van der Waals surface area contributed by atoms with E-state index in [1.54, 1.807) is 18.2 Å². The molecule has 1 aromatic carbocycles. The maximum Gasteiger partial charge on any atom is 0.253 e. The van der Waals surface area contributed by atoms with E-state index in [2.05, 4.69) is 14.8 Å². The molecule has 3 heterocycles. The van der Waals surface area contributed by atoms with Gasteiger partial charge >= 0.3 is 0 Å². The van der Waals surface area contributed by atoms with Crippen LogP contribution in [0.15, 0.2) is 18.2 Å². The van der Waals surface area contributed by atoms with E-state index in [1.807, 2.05) is 4.90 Å². The molecule has 1 fully saturated rings. The molecule has 1 atom stereocenters. The van der Waals surface area contributed by atoms with Crippen molar-refractivity contribution in [1.29, 1.82) is 0 Å². The van der Waals surface area contributed by atoms with Crippen molar-refractivity contribution < 1.29 is 4.79 Å². The molecular formula is C19H22Cl2N4O. The van der Waals surface area contributed by atoms with Crippen molar-refractivity contribution in [3.63, 3.8) is 0 Å². The van der Waals surface area contributed by atoms with Crippen molar-refractivity contribution in [2.45, 2.75) is 51.0 Å². The lowest BCUT2D eigenvalue weighted by molar-refractivity contribution is 0.0703. The van der Waals surface area contributed by atoms with Crippen LogP contribution in [0.2, 0.25) is 10.0 Å². The van der Waals surface area contributed by atoms with E-state index in [0.29, 0.717) is 22.2 Å². The van der Waals surface area contributed by atoms with Gasteiger partial charge in [0, 0.05) is 37.5 Å². The average Bonchev–Trinajstić information content (AvgIpc) is 2.92. The molecule has 1 saturated heterocycles. The minimum atomic E-state index is 0.00359. The van der Waals surface area contributed by atoms with E-state index < -0.39 is 0 Å². The van der Waals surface area contributed by atoms with E-state index in [1.165, 1.54) is 19.3 Å². The first-order chi connectivity index (χ1) is 12.6. The highest BCUT2D eigenvalue weighted by atomic mass is 35.5. The third-order valence-electron chi connectivity index (χ3n) is 5.38. The smallest absolute Gasteiger partial charge is 0.253 e. The Morgan fingerprint density at radius 2 is 1.92 bits per heavy atom. The Labute approximate surface area is 163 Å². The van der Waals surface area contributed by atoms with Gasteiger partial charge in [0.25, 0.3) is 5.91 Å². The zero-order valence-electron chi connectivity index (χ0n) is 14.6. The monoisotopic (exact) mass is 392 g/mol. The Morgan fingerprint density at radius 3 is 2.77 bits per heavy atom. The maximum absolute atomic E-state index is 12.9. The number of hydrogen-bond acceptors (Lipinski definition) is 3. The average molecular weight is 393 g/mol. The topological polar surface area (TPSA) is 51.0 Å². The third-order valence-corrected chi connectivity index (χ3v) is 6.12. The summed E-state index contributed by atoms with van der Waals surface area (Å²) in [7, 11) is 0. The normalized spacial score (nSPS) is 20.5. The van der Waals surface area contributed by atoms with Gasteiger partial charge in [-0.1, -0.05) is 29.6 Å². The zero-order valence-corrected chi connectivity index (χ0v) is 16.1. The summed E-state index contributed by atoms with van der Waals surface area (Å²) in [6, 6.07) is 5.07. The molecule has 2 aromatic rings. The lowest BCUT2D eigenvalue weighted by atomic mass is 9.96. The Morgan fingerprint density at radius 1 is 1.04 bits per heavy atom. The van der Waals surface area contributed by atoms with Gasteiger partial charge in [-0.25, -0.2) is 0 Å². The number of hydrogen-bond donors (Lipinski definition) is 0. The molecule has 0 spiro atoms. The minimum Gasteiger partial charge on any atom is -0.338 e. The Balaban J connectivity index is 1.53. The molecule has 5 nitrogen and oxygen atoms in total. The first-order valence-corrected chi connectivity index (χ1v) is 10.1. The van der Waals surface area contributed by atoms with Crippen molar-refractivity contribution in [3.8, 4) is 0 Å². The van der Waals surface area contributed by atoms with Crippen molar-refractivity contribution >= 4 is 29.1 Å². The number of piperidine rings is 1. The molecule has 26 heavy (non-hydrogen) atoms. The van der Waals surface area contributed by atoms with Gasteiger partial charge in [0.05, 0.1) is 10.0 Å². The number of fused-ring (bicyclic) bond motifs is 1. The third kappa shape index (κ3) is 3.47. The van der Waals surface area contributed by atoms with Crippen LogP contribution in [0.3, 0.4) is 0 Å². The number of halogens is 2. The van der Waals surface area contributed by atoms with Crippen LogP contribution in [-0.2, 0) is 13.0 Å². The summed E-state index contributed by atoms with van der Waals surface area (Å²) >= 11 is 12.0. The zero-order chi connectivity index (χ0) is 18.1. The van der Waals surface area contributed by atoms with Crippen molar-refractivity contribution in [1.82, 2.24) is 19.7 Å². The van der Waals surface area contributed by atoms with Gasteiger partial charge in [-0.3, -0.25) is 4.79 Å². The second-order valence-corrected chi connectivity index (χ2v) is 7.97. The molecule has 2 aliphatic heterocycles. The number of nitrogens with zero attached hydrogens (tertiary/aromatic N) is 4. The van der Waals surface area contributed by atoms with Gasteiger partial charge in [-0.2, -0.15) is 0 Å². The largest absolute Gasteiger partial charge is 0.338 e. The molecular weight excluding hydrogens is 371 g/mol. The molecule has 0 radical (unpaired) electrons. The highest BCUT2D eigenvalue weighted by molar-refractivity contribution is 6.42. The summed E-state index contributed by atoms with van der Waals surface area (Å²) in [6.45, 7) is 2.43. The summed E-state index contributed by atoms with van der Waals surface area (Å²) in [5.41, 5.74) is 0.583. The number of rotatable bonds is 2. The lowest BCUT2D eigenvalue weighted by Crippen LogP contribution is -2.39. The van der Waals surface area contributed by atoms with Crippen LogP contribution in [0, 0.1) is 0 Å². The Hall–Kier alpha value is -1.59. The molecule has 0 saturated carbocycles. The van der Waals surface area contributed by atoms with E-state index in [0.717, 1.165) is 44.0 Å². The number of likely N-dealkylation sites (tertiary alicyclic amines) is 1. The number of benzene rings is 1. The van der Waals surface area contributed by atoms with Crippen LogP contribution >= 0.6 is 23.2 Å². The summed E-state index contributed by atoms with van der Waals surface area (Å²) in [4.78, 5) is 14.8. The molecule has 1 amide bonds. The van der Waals surface area contributed by atoms with Crippen LogP contribution < -0.4 is 0 Å².